The molecule has 1 rings (SSSR count). The molecule has 0 fully saturated rings. The first-order valence-electron chi connectivity index (χ1n) is 4.77. The Balaban J connectivity index is 2.51. The maximum Gasteiger partial charge on any atom is 0.202 e. The van der Waals surface area contributed by atoms with Gasteiger partial charge in [0.25, 0.3) is 0 Å². The number of likely N-dealkylation sites (N-methyl/N-ethyl adjacent to an activating group) is 1. The molecule has 0 bridgehead atoms. The molecule has 1 atom stereocenters. The van der Waals surface area contributed by atoms with E-state index >= 15 is 0 Å². The first-order valence-corrected chi connectivity index (χ1v) is 5.55. The molecule has 0 saturated heterocycles. The number of rotatable bonds is 5. The summed E-state index contributed by atoms with van der Waals surface area (Å²) in [6, 6.07) is 0.429. The van der Waals surface area contributed by atoms with Gasteiger partial charge in [0.05, 0.1) is 0 Å². The van der Waals surface area contributed by atoms with Crippen molar-refractivity contribution in [1.29, 1.82) is 0 Å². The minimum absolute atomic E-state index is 0.429. The van der Waals surface area contributed by atoms with E-state index in [2.05, 4.69) is 47.5 Å². The highest BCUT2D eigenvalue weighted by molar-refractivity contribution is 7.09. The van der Waals surface area contributed by atoms with Gasteiger partial charge in [-0.05, 0) is 20.0 Å². The Kier molecular flexibility index (Phi) is 4.28. The quantitative estimate of drug-likeness (QED) is 0.807. The highest BCUT2D eigenvalue weighted by atomic mass is 32.1. The van der Waals surface area contributed by atoms with Crippen LogP contribution in [0.25, 0.3) is 0 Å². The van der Waals surface area contributed by atoms with E-state index < -0.39 is 0 Å². The molecule has 0 aliphatic rings. The molecule has 1 unspecified atom stereocenters. The Labute approximate surface area is 89.5 Å². The number of aromatic nitrogens is 2. The Morgan fingerprint density at radius 3 is 2.64 bits per heavy atom. The molecule has 0 aromatic carbocycles. The molecule has 0 saturated carbocycles. The fourth-order valence-corrected chi connectivity index (χ4v) is 1.70. The van der Waals surface area contributed by atoms with E-state index in [1.807, 2.05) is 0 Å². The average molecular weight is 214 g/mol. The molecule has 1 aromatic rings. The molecule has 0 amide bonds. The van der Waals surface area contributed by atoms with E-state index in [-0.39, 0.29) is 0 Å². The van der Waals surface area contributed by atoms with Gasteiger partial charge in [-0.25, -0.2) is 4.98 Å². The number of nitrogens with zero attached hydrogens (tertiary/aromatic N) is 3. The van der Waals surface area contributed by atoms with Crippen LogP contribution in [0.2, 0.25) is 0 Å². The third kappa shape index (κ3) is 3.59. The van der Waals surface area contributed by atoms with Crippen molar-refractivity contribution in [2.75, 3.05) is 26.0 Å². The van der Waals surface area contributed by atoms with E-state index in [0.29, 0.717) is 12.0 Å². The third-order valence-electron chi connectivity index (χ3n) is 2.04. The third-order valence-corrected chi connectivity index (χ3v) is 2.63. The summed E-state index contributed by atoms with van der Waals surface area (Å²) in [6.07, 6.45) is 1.58. The molecule has 14 heavy (non-hydrogen) atoms. The number of hydrogen-bond acceptors (Lipinski definition) is 5. The fraction of sp³-hybridized carbons (Fsp3) is 0.778. The molecule has 0 spiro atoms. The molecule has 4 nitrogen and oxygen atoms in total. The summed E-state index contributed by atoms with van der Waals surface area (Å²) >= 11 is 1.41. The van der Waals surface area contributed by atoms with Gasteiger partial charge in [0, 0.05) is 24.1 Å². The molecular weight excluding hydrogens is 196 g/mol. The van der Waals surface area contributed by atoms with Gasteiger partial charge in [-0.2, -0.15) is 4.37 Å². The predicted octanol–water partition coefficient (Wildman–Crippen LogP) is 1.54. The van der Waals surface area contributed by atoms with Crippen LogP contribution in [0.1, 0.15) is 13.8 Å². The molecule has 1 heterocycles. The lowest BCUT2D eigenvalue weighted by Crippen LogP contribution is -2.36. The zero-order valence-electron chi connectivity index (χ0n) is 9.19. The summed E-state index contributed by atoms with van der Waals surface area (Å²) in [4.78, 5) is 6.30. The van der Waals surface area contributed by atoms with Crippen molar-refractivity contribution in [3.05, 3.63) is 6.33 Å². The van der Waals surface area contributed by atoms with Crippen LogP contribution in [0.3, 0.4) is 0 Å². The fourth-order valence-electron chi connectivity index (χ4n) is 1.21. The van der Waals surface area contributed by atoms with Crippen molar-refractivity contribution in [3.63, 3.8) is 0 Å². The largest absolute Gasteiger partial charge is 0.356 e. The van der Waals surface area contributed by atoms with Crippen LogP contribution < -0.4 is 5.32 Å². The van der Waals surface area contributed by atoms with Gasteiger partial charge in [0.1, 0.15) is 6.33 Å². The first-order chi connectivity index (χ1) is 6.59. The summed E-state index contributed by atoms with van der Waals surface area (Å²) in [7, 11) is 4.16. The minimum Gasteiger partial charge on any atom is -0.356 e. The van der Waals surface area contributed by atoms with Gasteiger partial charge in [-0.1, -0.05) is 13.8 Å². The normalized spacial score (nSPS) is 13.6. The summed E-state index contributed by atoms with van der Waals surface area (Å²) < 4.78 is 3.97. The van der Waals surface area contributed by atoms with Crippen LogP contribution in [-0.4, -0.2) is 40.9 Å². The molecule has 5 heteroatoms. The summed E-state index contributed by atoms with van der Waals surface area (Å²) in [5, 5.41) is 4.30. The molecular formula is C9H18N4S. The SMILES string of the molecule is CC(C)C(CN(C)C)Nc1ncns1. The molecule has 1 N–H and O–H groups in total. The van der Waals surface area contributed by atoms with Crippen molar-refractivity contribution < 1.29 is 0 Å². The van der Waals surface area contributed by atoms with E-state index in [9.17, 15) is 0 Å². The Morgan fingerprint density at radius 1 is 1.50 bits per heavy atom. The monoisotopic (exact) mass is 214 g/mol. The Bertz CT molecular complexity index is 245. The van der Waals surface area contributed by atoms with Gasteiger partial charge < -0.3 is 10.2 Å². The standard InChI is InChI=1S/C9H18N4S/c1-7(2)8(5-13(3)4)12-9-10-6-11-14-9/h6-8H,5H2,1-4H3,(H,10,11,12). The second-order valence-electron chi connectivity index (χ2n) is 4.00. The van der Waals surface area contributed by atoms with Crippen LogP contribution in [0.4, 0.5) is 5.13 Å². The molecule has 0 aliphatic carbocycles. The van der Waals surface area contributed by atoms with Crippen molar-refractivity contribution in [1.82, 2.24) is 14.3 Å². The van der Waals surface area contributed by atoms with Crippen LogP contribution in [0.15, 0.2) is 6.33 Å². The van der Waals surface area contributed by atoms with Crippen LogP contribution in [0.5, 0.6) is 0 Å². The number of hydrogen-bond donors (Lipinski definition) is 1. The lowest BCUT2D eigenvalue weighted by Gasteiger charge is -2.24. The highest BCUT2D eigenvalue weighted by Crippen LogP contribution is 2.13. The summed E-state index contributed by atoms with van der Waals surface area (Å²) in [6.45, 7) is 5.43. The molecule has 1 aromatic heterocycles. The topological polar surface area (TPSA) is 41.0 Å². The number of nitrogens with one attached hydrogen (secondary N) is 1. The van der Waals surface area contributed by atoms with Gasteiger partial charge in [0.15, 0.2) is 0 Å². The van der Waals surface area contributed by atoms with E-state index in [1.54, 1.807) is 6.33 Å². The molecule has 0 radical (unpaired) electrons. The zero-order chi connectivity index (χ0) is 10.6. The maximum absolute atomic E-state index is 4.12. The second kappa shape index (κ2) is 5.26. The second-order valence-corrected chi connectivity index (χ2v) is 4.78. The lowest BCUT2D eigenvalue weighted by atomic mass is 10.0. The van der Waals surface area contributed by atoms with Crippen molar-refractivity contribution in [3.8, 4) is 0 Å². The lowest BCUT2D eigenvalue weighted by molar-refractivity contribution is 0.344. The Morgan fingerprint density at radius 2 is 2.21 bits per heavy atom. The van der Waals surface area contributed by atoms with Gasteiger partial charge >= 0.3 is 0 Å². The van der Waals surface area contributed by atoms with Gasteiger partial charge in [-0.15, -0.1) is 0 Å². The van der Waals surface area contributed by atoms with Crippen LogP contribution in [-0.2, 0) is 0 Å². The summed E-state index contributed by atoms with van der Waals surface area (Å²) in [5.41, 5.74) is 0. The molecule has 80 valence electrons. The van der Waals surface area contributed by atoms with Gasteiger partial charge in [0.2, 0.25) is 5.13 Å². The van der Waals surface area contributed by atoms with E-state index in [0.717, 1.165) is 11.7 Å². The van der Waals surface area contributed by atoms with Crippen molar-refractivity contribution in [2.24, 2.45) is 5.92 Å². The van der Waals surface area contributed by atoms with Gasteiger partial charge in [-0.3, -0.25) is 0 Å². The van der Waals surface area contributed by atoms with Crippen LogP contribution in [0, 0.1) is 5.92 Å². The van der Waals surface area contributed by atoms with Crippen LogP contribution >= 0.6 is 11.5 Å². The minimum atomic E-state index is 0.429. The predicted molar refractivity (Wildman–Crippen MR) is 60.7 cm³/mol. The zero-order valence-corrected chi connectivity index (χ0v) is 10.0. The van der Waals surface area contributed by atoms with Crippen molar-refractivity contribution >= 4 is 16.7 Å². The first kappa shape index (κ1) is 11.4. The maximum atomic E-state index is 4.12. The Hall–Kier alpha value is -0.680. The van der Waals surface area contributed by atoms with Crippen molar-refractivity contribution in [2.45, 2.75) is 19.9 Å². The molecule has 0 aliphatic heterocycles. The highest BCUT2D eigenvalue weighted by Gasteiger charge is 2.14. The summed E-state index contributed by atoms with van der Waals surface area (Å²) in [5.74, 6) is 0.585. The average Bonchev–Trinajstić information content (AvgIpc) is 2.54. The van der Waals surface area contributed by atoms with E-state index in [1.165, 1.54) is 11.5 Å². The van der Waals surface area contributed by atoms with E-state index in [4.69, 9.17) is 0 Å². The smallest absolute Gasteiger partial charge is 0.202 e. The number of anilines is 1.